The molecular formula is C11H15ClN2OS. The number of amides is 1. The van der Waals surface area contributed by atoms with Gasteiger partial charge in [0.1, 0.15) is 5.01 Å². The van der Waals surface area contributed by atoms with E-state index >= 15 is 0 Å². The van der Waals surface area contributed by atoms with Crippen LogP contribution in [0.4, 0.5) is 0 Å². The minimum atomic E-state index is 0.195. The molecule has 0 radical (unpaired) electrons. The van der Waals surface area contributed by atoms with Crippen molar-refractivity contribution in [1.82, 2.24) is 9.88 Å². The summed E-state index contributed by atoms with van der Waals surface area (Å²) >= 11 is 7.20. The Balaban J connectivity index is 1.96. The quantitative estimate of drug-likeness (QED) is 0.781. The van der Waals surface area contributed by atoms with E-state index in [4.69, 9.17) is 11.6 Å². The molecule has 5 heteroatoms. The number of alkyl halides is 1. The summed E-state index contributed by atoms with van der Waals surface area (Å²) in [7, 11) is 0. The summed E-state index contributed by atoms with van der Waals surface area (Å²) in [6.45, 7) is 3.00. The molecule has 2 heterocycles. The number of carbonyl (C=O) groups excluding carboxylic acids is 1. The lowest BCUT2D eigenvalue weighted by atomic mass is 10.2. The normalized spacial score (nSPS) is 20.4. The van der Waals surface area contributed by atoms with Gasteiger partial charge in [-0.25, -0.2) is 4.98 Å². The van der Waals surface area contributed by atoms with Gasteiger partial charge in [0.25, 0.3) is 0 Å². The molecule has 16 heavy (non-hydrogen) atoms. The van der Waals surface area contributed by atoms with Gasteiger partial charge in [-0.15, -0.1) is 22.9 Å². The summed E-state index contributed by atoms with van der Waals surface area (Å²) in [5.41, 5.74) is 0.865. The van der Waals surface area contributed by atoms with Crippen molar-refractivity contribution in [3.05, 3.63) is 16.1 Å². The van der Waals surface area contributed by atoms with Gasteiger partial charge in [-0.05, 0) is 19.8 Å². The molecule has 1 atom stereocenters. The van der Waals surface area contributed by atoms with Crippen LogP contribution in [0.3, 0.4) is 0 Å². The first kappa shape index (κ1) is 11.9. The molecule has 1 fully saturated rings. The van der Waals surface area contributed by atoms with E-state index in [-0.39, 0.29) is 5.91 Å². The lowest BCUT2D eigenvalue weighted by Crippen LogP contribution is -2.34. The van der Waals surface area contributed by atoms with Gasteiger partial charge in [-0.2, -0.15) is 0 Å². The average Bonchev–Trinajstić information content (AvgIpc) is 2.86. The standard InChI is InChI=1S/C11H15ClN2OS/c1-8-3-2-4-14(8)11(15)5-10-13-9(6-12)7-16-10/h7-8H,2-6H2,1H3. The van der Waals surface area contributed by atoms with Crippen molar-refractivity contribution < 1.29 is 4.79 Å². The molecule has 1 aromatic heterocycles. The minimum Gasteiger partial charge on any atom is -0.340 e. The predicted molar refractivity (Wildman–Crippen MR) is 65.8 cm³/mol. The molecule has 0 aliphatic carbocycles. The maximum Gasteiger partial charge on any atom is 0.229 e. The van der Waals surface area contributed by atoms with Crippen LogP contribution in [-0.4, -0.2) is 28.4 Å². The van der Waals surface area contributed by atoms with Crippen LogP contribution >= 0.6 is 22.9 Å². The zero-order chi connectivity index (χ0) is 11.5. The highest BCUT2D eigenvalue weighted by Crippen LogP contribution is 2.19. The number of nitrogens with zero attached hydrogens (tertiary/aromatic N) is 2. The Kier molecular flexibility index (Phi) is 3.82. The summed E-state index contributed by atoms with van der Waals surface area (Å²) < 4.78 is 0. The van der Waals surface area contributed by atoms with Crippen LogP contribution in [-0.2, 0) is 17.1 Å². The Morgan fingerprint density at radius 2 is 2.56 bits per heavy atom. The van der Waals surface area contributed by atoms with Crippen LogP contribution in [0.5, 0.6) is 0 Å². The van der Waals surface area contributed by atoms with Gasteiger partial charge in [-0.1, -0.05) is 0 Å². The van der Waals surface area contributed by atoms with Crippen LogP contribution in [0.25, 0.3) is 0 Å². The number of halogens is 1. The SMILES string of the molecule is CC1CCCN1C(=O)Cc1nc(CCl)cs1. The van der Waals surface area contributed by atoms with Crippen molar-refractivity contribution in [3.8, 4) is 0 Å². The number of thiazole rings is 1. The number of rotatable bonds is 3. The molecule has 88 valence electrons. The second-order valence-electron chi connectivity index (χ2n) is 4.12. The van der Waals surface area contributed by atoms with E-state index < -0.39 is 0 Å². The predicted octanol–water partition coefficient (Wildman–Crippen LogP) is 2.44. The Morgan fingerprint density at radius 3 is 3.12 bits per heavy atom. The second-order valence-corrected chi connectivity index (χ2v) is 5.33. The summed E-state index contributed by atoms with van der Waals surface area (Å²) in [6.07, 6.45) is 2.67. The molecule has 1 aliphatic rings. The highest BCUT2D eigenvalue weighted by atomic mass is 35.5. The first-order valence-electron chi connectivity index (χ1n) is 5.49. The highest BCUT2D eigenvalue weighted by Gasteiger charge is 2.25. The smallest absolute Gasteiger partial charge is 0.229 e. The fraction of sp³-hybridized carbons (Fsp3) is 0.636. The maximum absolute atomic E-state index is 12.0. The summed E-state index contributed by atoms with van der Waals surface area (Å²) in [5.74, 6) is 0.616. The largest absolute Gasteiger partial charge is 0.340 e. The molecule has 0 bridgehead atoms. The monoisotopic (exact) mass is 258 g/mol. The molecule has 1 aromatic rings. The summed E-state index contributed by atoms with van der Waals surface area (Å²) in [6, 6.07) is 0.389. The van der Waals surface area contributed by atoms with E-state index in [1.165, 1.54) is 11.3 Å². The second kappa shape index (κ2) is 5.15. The van der Waals surface area contributed by atoms with Gasteiger partial charge >= 0.3 is 0 Å². The molecule has 1 unspecified atom stereocenters. The molecule has 0 N–H and O–H groups in total. The minimum absolute atomic E-state index is 0.195. The van der Waals surface area contributed by atoms with E-state index in [9.17, 15) is 4.79 Å². The van der Waals surface area contributed by atoms with Crippen LogP contribution in [0, 0.1) is 0 Å². The Hall–Kier alpha value is -0.610. The van der Waals surface area contributed by atoms with Crippen molar-refractivity contribution >= 4 is 28.8 Å². The average molecular weight is 259 g/mol. The maximum atomic E-state index is 12.0. The van der Waals surface area contributed by atoms with Crippen molar-refractivity contribution in [1.29, 1.82) is 0 Å². The van der Waals surface area contributed by atoms with Crippen LogP contribution < -0.4 is 0 Å². The van der Waals surface area contributed by atoms with Gasteiger partial charge < -0.3 is 4.90 Å². The summed E-state index contributed by atoms with van der Waals surface area (Å²) in [4.78, 5) is 18.2. The Morgan fingerprint density at radius 1 is 1.75 bits per heavy atom. The Labute approximate surface area is 104 Å². The van der Waals surface area contributed by atoms with E-state index in [1.54, 1.807) is 0 Å². The van der Waals surface area contributed by atoms with E-state index in [1.807, 2.05) is 10.3 Å². The molecular weight excluding hydrogens is 244 g/mol. The number of carbonyl (C=O) groups is 1. The van der Waals surface area contributed by atoms with Crippen molar-refractivity contribution in [3.63, 3.8) is 0 Å². The molecule has 0 aromatic carbocycles. The van der Waals surface area contributed by atoms with Gasteiger partial charge in [0, 0.05) is 18.0 Å². The molecule has 1 aliphatic heterocycles. The zero-order valence-corrected chi connectivity index (χ0v) is 10.9. The van der Waals surface area contributed by atoms with Crippen LogP contribution in [0.1, 0.15) is 30.5 Å². The lowest BCUT2D eigenvalue weighted by molar-refractivity contribution is -0.130. The highest BCUT2D eigenvalue weighted by molar-refractivity contribution is 7.09. The van der Waals surface area contributed by atoms with Crippen LogP contribution in [0.2, 0.25) is 0 Å². The number of aromatic nitrogens is 1. The van der Waals surface area contributed by atoms with Gasteiger partial charge in [-0.3, -0.25) is 4.79 Å². The molecule has 1 saturated heterocycles. The lowest BCUT2D eigenvalue weighted by Gasteiger charge is -2.20. The van der Waals surface area contributed by atoms with Gasteiger partial charge in [0.2, 0.25) is 5.91 Å². The Bertz CT molecular complexity index is 380. The first-order chi connectivity index (χ1) is 7.70. The fourth-order valence-electron chi connectivity index (χ4n) is 2.03. The number of likely N-dealkylation sites (tertiary alicyclic amines) is 1. The number of hydrogen-bond acceptors (Lipinski definition) is 3. The van der Waals surface area contributed by atoms with Crippen molar-refractivity contribution in [2.45, 2.75) is 38.1 Å². The third kappa shape index (κ3) is 2.55. The first-order valence-corrected chi connectivity index (χ1v) is 6.91. The zero-order valence-electron chi connectivity index (χ0n) is 9.28. The van der Waals surface area contributed by atoms with E-state index in [0.717, 1.165) is 30.1 Å². The molecule has 3 nitrogen and oxygen atoms in total. The third-order valence-corrected chi connectivity index (χ3v) is 4.08. The van der Waals surface area contributed by atoms with Crippen molar-refractivity contribution in [2.75, 3.05) is 6.54 Å². The topological polar surface area (TPSA) is 33.2 Å². The van der Waals surface area contributed by atoms with E-state index in [2.05, 4.69) is 11.9 Å². The molecule has 0 spiro atoms. The van der Waals surface area contributed by atoms with Crippen LogP contribution in [0.15, 0.2) is 5.38 Å². The molecule has 1 amide bonds. The molecule has 2 rings (SSSR count). The van der Waals surface area contributed by atoms with Gasteiger partial charge in [0.15, 0.2) is 0 Å². The van der Waals surface area contributed by atoms with E-state index in [0.29, 0.717) is 18.3 Å². The number of hydrogen-bond donors (Lipinski definition) is 0. The van der Waals surface area contributed by atoms with Gasteiger partial charge in [0.05, 0.1) is 18.0 Å². The fourth-order valence-corrected chi connectivity index (χ4v) is 3.04. The third-order valence-electron chi connectivity index (χ3n) is 2.91. The van der Waals surface area contributed by atoms with Crippen molar-refractivity contribution in [2.24, 2.45) is 0 Å². The molecule has 0 saturated carbocycles. The summed E-state index contributed by atoms with van der Waals surface area (Å²) in [5, 5.41) is 2.79.